The van der Waals surface area contributed by atoms with E-state index in [2.05, 4.69) is 45.7 Å². The molecule has 0 aliphatic heterocycles. The van der Waals surface area contributed by atoms with Crippen LogP contribution in [0.5, 0.6) is 0 Å². The molecule has 0 atom stereocenters. The molecule has 0 aliphatic carbocycles. The Labute approximate surface area is 163 Å². The molecule has 6 heteroatoms. The van der Waals surface area contributed by atoms with Crippen molar-refractivity contribution < 1.29 is 0 Å². The normalized spacial score (nSPS) is 11.4. The average Bonchev–Trinajstić information content (AvgIpc) is 3.37. The van der Waals surface area contributed by atoms with Gasteiger partial charge < -0.3 is 9.97 Å². The molecule has 5 rings (SSSR count). The number of rotatable bonds is 4. The van der Waals surface area contributed by atoms with Crippen LogP contribution in [0.2, 0.25) is 0 Å². The topological polar surface area (TPSA) is 61.5 Å². The molecule has 3 aromatic heterocycles. The summed E-state index contributed by atoms with van der Waals surface area (Å²) in [6, 6.07) is 18.4. The fourth-order valence-corrected chi connectivity index (χ4v) is 4.91. The van der Waals surface area contributed by atoms with Crippen molar-refractivity contribution in [3.63, 3.8) is 0 Å². The number of aromatic amines is 2. The Bertz CT molecular complexity index is 1300. The van der Waals surface area contributed by atoms with Crippen molar-refractivity contribution in [3.8, 4) is 11.3 Å². The van der Waals surface area contributed by atoms with E-state index < -0.39 is 0 Å². The molecule has 0 bridgehead atoms. The van der Waals surface area contributed by atoms with Crippen LogP contribution in [0.25, 0.3) is 33.1 Å². The Morgan fingerprint density at radius 3 is 2.81 bits per heavy atom. The van der Waals surface area contributed by atoms with Crippen molar-refractivity contribution in [1.82, 2.24) is 15.0 Å². The zero-order chi connectivity index (χ0) is 18.2. The van der Waals surface area contributed by atoms with Crippen molar-refractivity contribution in [2.24, 2.45) is 0 Å². The van der Waals surface area contributed by atoms with E-state index in [-0.39, 0.29) is 5.56 Å². The number of thiazole rings is 1. The molecule has 2 N–H and O–H groups in total. The van der Waals surface area contributed by atoms with Gasteiger partial charge in [0.2, 0.25) is 0 Å². The van der Waals surface area contributed by atoms with Crippen LogP contribution in [-0.2, 0) is 5.75 Å². The summed E-state index contributed by atoms with van der Waals surface area (Å²) in [7, 11) is 0. The quantitative estimate of drug-likeness (QED) is 0.403. The highest BCUT2D eigenvalue weighted by atomic mass is 32.2. The summed E-state index contributed by atoms with van der Waals surface area (Å²) in [4.78, 5) is 24.1. The fourth-order valence-electron chi connectivity index (χ4n) is 3.17. The number of fused-ring (bicyclic) bond motifs is 3. The minimum Gasteiger partial charge on any atom is -0.357 e. The van der Waals surface area contributed by atoms with Gasteiger partial charge in [0.1, 0.15) is 10.5 Å². The average molecular weight is 390 g/mol. The van der Waals surface area contributed by atoms with E-state index in [4.69, 9.17) is 4.98 Å². The second-order valence-electron chi connectivity index (χ2n) is 6.21. The molecule has 0 fully saturated rings. The monoisotopic (exact) mass is 389 g/mol. The number of thioether (sulfide) groups is 1. The summed E-state index contributed by atoms with van der Waals surface area (Å²) in [6.07, 6.45) is 1.80. The van der Waals surface area contributed by atoms with E-state index in [0.717, 1.165) is 38.3 Å². The lowest BCUT2D eigenvalue weighted by molar-refractivity contribution is 1.26. The molecule has 0 aliphatic rings. The Balaban J connectivity index is 1.48. The van der Waals surface area contributed by atoms with Gasteiger partial charge in [0, 0.05) is 38.3 Å². The van der Waals surface area contributed by atoms with Crippen LogP contribution in [0, 0.1) is 0 Å². The van der Waals surface area contributed by atoms with E-state index in [0.29, 0.717) is 5.52 Å². The highest BCUT2D eigenvalue weighted by Crippen LogP contribution is 2.30. The van der Waals surface area contributed by atoms with Crippen LogP contribution in [0.15, 0.2) is 75.9 Å². The van der Waals surface area contributed by atoms with E-state index in [1.54, 1.807) is 29.3 Å². The van der Waals surface area contributed by atoms with Gasteiger partial charge in [-0.2, -0.15) is 0 Å². The predicted molar refractivity (Wildman–Crippen MR) is 114 cm³/mol. The number of benzene rings is 2. The first-order chi connectivity index (χ1) is 13.3. The molecule has 0 spiro atoms. The molecule has 5 aromatic rings. The number of hydrogen-bond acceptors (Lipinski definition) is 4. The van der Waals surface area contributed by atoms with Gasteiger partial charge in [-0.05, 0) is 30.3 Å². The van der Waals surface area contributed by atoms with Crippen molar-refractivity contribution >= 4 is 44.9 Å². The molecule has 0 unspecified atom stereocenters. The minimum atomic E-state index is -0.0934. The van der Waals surface area contributed by atoms with E-state index in [1.807, 2.05) is 24.3 Å². The van der Waals surface area contributed by atoms with Crippen LogP contribution in [0.4, 0.5) is 0 Å². The number of nitrogens with one attached hydrogen (secondary N) is 2. The van der Waals surface area contributed by atoms with E-state index >= 15 is 0 Å². The second-order valence-corrected chi connectivity index (χ2v) is 8.20. The first-order valence-corrected chi connectivity index (χ1v) is 10.4. The van der Waals surface area contributed by atoms with Gasteiger partial charge in [0.15, 0.2) is 0 Å². The van der Waals surface area contributed by atoms with Gasteiger partial charge in [0.05, 0.1) is 11.4 Å². The molecule has 0 saturated heterocycles. The highest BCUT2D eigenvalue weighted by molar-refractivity contribution is 7.98. The van der Waals surface area contributed by atoms with Gasteiger partial charge in [-0.3, -0.25) is 4.79 Å². The Morgan fingerprint density at radius 1 is 1.04 bits per heavy atom. The van der Waals surface area contributed by atoms with Gasteiger partial charge in [-0.25, -0.2) is 4.98 Å². The maximum Gasteiger partial charge on any atom is 0.272 e. The van der Waals surface area contributed by atoms with Crippen molar-refractivity contribution in [1.29, 1.82) is 0 Å². The van der Waals surface area contributed by atoms with Gasteiger partial charge in [-0.15, -0.1) is 23.1 Å². The summed E-state index contributed by atoms with van der Waals surface area (Å²) in [5.74, 6) is 0.859. The smallest absolute Gasteiger partial charge is 0.272 e. The van der Waals surface area contributed by atoms with Crippen molar-refractivity contribution in [3.05, 3.63) is 81.5 Å². The number of pyridine rings is 1. The summed E-state index contributed by atoms with van der Waals surface area (Å²) in [6.45, 7) is 0. The zero-order valence-electron chi connectivity index (χ0n) is 14.2. The highest BCUT2D eigenvalue weighted by Gasteiger charge is 2.10. The van der Waals surface area contributed by atoms with Crippen LogP contribution in [-0.4, -0.2) is 15.0 Å². The molecule has 0 radical (unpaired) electrons. The molecule has 132 valence electrons. The zero-order valence-corrected chi connectivity index (χ0v) is 15.9. The summed E-state index contributed by atoms with van der Waals surface area (Å²) in [5, 5.41) is 5.16. The van der Waals surface area contributed by atoms with Crippen molar-refractivity contribution in [2.75, 3.05) is 0 Å². The van der Waals surface area contributed by atoms with Gasteiger partial charge in [-0.1, -0.05) is 24.3 Å². The van der Waals surface area contributed by atoms with Gasteiger partial charge in [0.25, 0.3) is 5.56 Å². The molecule has 0 amide bonds. The molecule has 2 aromatic carbocycles. The van der Waals surface area contributed by atoms with Crippen LogP contribution in [0.1, 0.15) is 5.01 Å². The first-order valence-electron chi connectivity index (χ1n) is 8.54. The van der Waals surface area contributed by atoms with Crippen LogP contribution < -0.4 is 5.56 Å². The molecular formula is C21H15N3OS2. The maximum absolute atomic E-state index is 12.1. The van der Waals surface area contributed by atoms with Crippen LogP contribution >= 0.6 is 23.1 Å². The summed E-state index contributed by atoms with van der Waals surface area (Å²) in [5.41, 5.74) is 3.39. The Hall–Kier alpha value is -2.83. The fraction of sp³-hybridized carbons (Fsp3) is 0.0476. The number of aromatic nitrogens is 3. The SMILES string of the molecule is O=c1[nH]c2ccc(-c3csc(CSc4ccccc4)n3)cc2c2cc[nH]c12. The summed E-state index contributed by atoms with van der Waals surface area (Å²) < 4.78 is 0. The van der Waals surface area contributed by atoms with Gasteiger partial charge >= 0.3 is 0 Å². The van der Waals surface area contributed by atoms with Crippen LogP contribution in [0.3, 0.4) is 0 Å². The van der Waals surface area contributed by atoms with E-state index in [9.17, 15) is 4.79 Å². The maximum atomic E-state index is 12.1. The lowest BCUT2D eigenvalue weighted by Gasteiger charge is -2.03. The standard InChI is InChI=1S/C21H15N3OS2/c25-21-20-15(8-9-22-20)16-10-13(6-7-17(16)24-21)18-11-27-19(23-18)12-26-14-4-2-1-3-5-14/h1-11,22H,12H2,(H,24,25). The number of H-pyrrole nitrogens is 2. The molecular weight excluding hydrogens is 374 g/mol. The third-order valence-electron chi connectivity index (χ3n) is 4.49. The number of nitrogens with zero attached hydrogens (tertiary/aromatic N) is 1. The third-order valence-corrected chi connectivity index (χ3v) is 6.54. The predicted octanol–water partition coefficient (Wildman–Crippen LogP) is 5.43. The summed E-state index contributed by atoms with van der Waals surface area (Å²) >= 11 is 3.47. The first kappa shape index (κ1) is 16.4. The lowest BCUT2D eigenvalue weighted by Crippen LogP contribution is -2.05. The molecule has 4 nitrogen and oxygen atoms in total. The molecule has 3 heterocycles. The number of hydrogen-bond donors (Lipinski definition) is 2. The minimum absolute atomic E-state index is 0.0934. The lowest BCUT2D eigenvalue weighted by atomic mass is 10.1. The second kappa shape index (κ2) is 6.72. The Morgan fingerprint density at radius 2 is 1.93 bits per heavy atom. The van der Waals surface area contributed by atoms with E-state index in [1.165, 1.54) is 4.90 Å². The molecule has 27 heavy (non-hydrogen) atoms. The van der Waals surface area contributed by atoms with Crippen molar-refractivity contribution in [2.45, 2.75) is 10.6 Å². The Kier molecular flexibility index (Phi) is 4.07. The molecule has 0 saturated carbocycles. The third kappa shape index (κ3) is 3.07. The largest absolute Gasteiger partial charge is 0.357 e.